The summed E-state index contributed by atoms with van der Waals surface area (Å²) in [7, 11) is 1.77. The molecular formula is C20H20N4O2. The van der Waals surface area contributed by atoms with Gasteiger partial charge < -0.3 is 10.2 Å². The third-order valence-corrected chi connectivity index (χ3v) is 5.05. The molecule has 0 aliphatic carbocycles. The normalized spacial score (nSPS) is 20.3. The Morgan fingerprint density at radius 2 is 2.04 bits per heavy atom. The molecule has 0 unspecified atom stereocenters. The molecule has 1 fully saturated rings. The number of amides is 2. The quantitative estimate of drug-likeness (QED) is 0.763. The SMILES string of the molecule is CN1C(=O)CC[C@@H](C(=O)Nc2ccc3cn[nH]c3c2)[C@@H]1c1ccccc1. The molecule has 0 saturated carbocycles. The van der Waals surface area contributed by atoms with E-state index in [0.717, 1.165) is 22.2 Å². The molecule has 132 valence electrons. The highest BCUT2D eigenvalue weighted by atomic mass is 16.2. The molecule has 4 rings (SSSR count). The van der Waals surface area contributed by atoms with E-state index in [2.05, 4.69) is 15.5 Å². The van der Waals surface area contributed by atoms with Crippen molar-refractivity contribution in [3.8, 4) is 0 Å². The van der Waals surface area contributed by atoms with Crippen LogP contribution in [0.4, 0.5) is 5.69 Å². The molecule has 2 aromatic carbocycles. The van der Waals surface area contributed by atoms with Crippen LogP contribution in [0.3, 0.4) is 0 Å². The first-order chi connectivity index (χ1) is 12.6. The minimum absolute atomic E-state index is 0.0711. The Balaban J connectivity index is 1.60. The second-order valence-electron chi connectivity index (χ2n) is 6.67. The lowest BCUT2D eigenvalue weighted by atomic mass is 9.84. The number of H-pyrrole nitrogens is 1. The number of carbonyl (C=O) groups excluding carboxylic acids is 2. The summed E-state index contributed by atoms with van der Waals surface area (Å²) < 4.78 is 0. The van der Waals surface area contributed by atoms with Gasteiger partial charge in [-0.1, -0.05) is 30.3 Å². The Kier molecular flexibility index (Phi) is 4.16. The Morgan fingerprint density at radius 3 is 2.85 bits per heavy atom. The Bertz CT molecular complexity index is 951. The van der Waals surface area contributed by atoms with E-state index < -0.39 is 0 Å². The monoisotopic (exact) mass is 348 g/mol. The van der Waals surface area contributed by atoms with Crippen LogP contribution in [-0.4, -0.2) is 34.0 Å². The Hall–Kier alpha value is -3.15. The number of aromatic nitrogens is 2. The first-order valence-electron chi connectivity index (χ1n) is 8.68. The molecule has 1 aliphatic rings. The van der Waals surface area contributed by atoms with E-state index in [1.54, 1.807) is 18.1 Å². The van der Waals surface area contributed by atoms with Crippen LogP contribution >= 0.6 is 0 Å². The average molecular weight is 348 g/mol. The van der Waals surface area contributed by atoms with Crippen molar-refractivity contribution >= 4 is 28.4 Å². The van der Waals surface area contributed by atoms with E-state index in [4.69, 9.17) is 0 Å². The molecule has 3 aromatic rings. The molecule has 6 nitrogen and oxygen atoms in total. The van der Waals surface area contributed by atoms with Crippen molar-refractivity contribution in [2.45, 2.75) is 18.9 Å². The zero-order valence-corrected chi connectivity index (χ0v) is 14.5. The molecule has 2 heterocycles. The van der Waals surface area contributed by atoms with Crippen molar-refractivity contribution in [2.24, 2.45) is 5.92 Å². The maximum absolute atomic E-state index is 13.0. The van der Waals surface area contributed by atoms with Gasteiger partial charge in [0.05, 0.1) is 23.7 Å². The predicted octanol–water partition coefficient (Wildman–Crippen LogP) is 3.11. The van der Waals surface area contributed by atoms with Gasteiger partial charge in [0.1, 0.15) is 0 Å². The zero-order valence-electron chi connectivity index (χ0n) is 14.5. The van der Waals surface area contributed by atoms with Gasteiger partial charge in [0.2, 0.25) is 11.8 Å². The number of piperidine rings is 1. The molecule has 2 amide bonds. The lowest BCUT2D eigenvalue weighted by molar-refractivity contribution is -0.140. The summed E-state index contributed by atoms with van der Waals surface area (Å²) in [5.41, 5.74) is 2.57. The number of nitrogens with zero attached hydrogens (tertiary/aromatic N) is 2. The summed E-state index contributed by atoms with van der Waals surface area (Å²) in [5, 5.41) is 10.9. The Labute approximate surface area is 151 Å². The maximum atomic E-state index is 13.0. The number of anilines is 1. The second-order valence-corrected chi connectivity index (χ2v) is 6.67. The van der Waals surface area contributed by atoms with Gasteiger partial charge in [0, 0.05) is 24.5 Å². The van der Waals surface area contributed by atoms with E-state index in [1.165, 1.54) is 0 Å². The van der Waals surface area contributed by atoms with Gasteiger partial charge in [-0.2, -0.15) is 5.10 Å². The van der Waals surface area contributed by atoms with E-state index >= 15 is 0 Å². The molecule has 1 aliphatic heterocycles. The topological polar surface area (TPSA) is 78.1 Å². The summed E-state index contributed by atoms with van der Waals surface area (Å²) in [5.74, 6) is -0.295. The van der Waals surface area contributed by atoms with Crippen LogP contribution in [-0.2, 0) is 9.59 Å². The summed E-state index contributed by atoms with van der Waals surface area (Å²) in [4.78, 5) is 26.9. The third-order valence-electron chi connectivity index (χ3n) is 5.05. The Morgan fingerprint density at radius 1 is 1.23 bits per heavy atom. The number of nitrogens with one attached hydrogen (secondary N) is 2. The van der Waals surface area contributed by atoms with Gasteiger partial charge in [-0.3, -0.25) is 14.7 Å². The van der Waals surface area contributed by atoms with Crippen molar-refractivity contribution in [3.63, 3.8) is 0 Å². The molecule has 2 atom stereocenters. The highest BCUT2D eigenvalue weighted by Gasteiger charge is 2.38. The van der Waals surface area contributed by atoms with Crippen LogP contribution in [0.25, 0.3) is 10.9 Å². The van der Waals surface area contributed by atoms with Gasteiger partial charge >= 0.3 is 0 Å². The fourth-order valence-corrected chi connectivity index (χ4v) is 3.67. The largest absolute Gasteiger partial charge is 0.338 e. The highest BCUT2D eigenvalue weighted by Crippen LogP contribution is 2.36. The zero-order chi connectivity index (χ0) is 18.1. The van der Waals surface area contributed by atoms with E-state index in [1.807, 2.05) is 48.5 Å². The lowest BCUT2D eigenvalue weighted by Crippen LogP contribution is -2.44. The summed E-state index contributed by atoms with van der Waals surface area (Å²) >= 11 is 0. The highest BCUT2D eigenvalue weighted by molar-refractivity contribution is 5.96. The molecule has 6 heteroatoms. The lowest BCUT2D eigenvalue weighted by Gasteiger charge is -2.38. The number of carbonyl (C=O) groups is 2. The van der Waals surface area contributed by atoms with Crippen LogP contribution < -0.4 is 5.32 Å². The smallest absolute Gasteiger partial charge is 0.229 e. The molecule has 1 saturated heterocycles. The van der Waals surface area contributed by atoms with Gasteiger partial charge in [-0.05, 0) is 30.2 Å². The minimum atomic E-state index is -0.294. The van der Waals surface area contributed by atoms with Crippen molar-refractivity contribution in [2.75, 3.05) is 12.4 Å². The molecule has 2 N–H and O–H groups in total. The molecular weight excluding hydrogens is 328 g/mol. The molecule has 0 spiro atoms. The van der Waals surface area contributed by atoms with Crippen molar-refractivity contribution in [1.82, 2.24) is 15.1 Å². The second kappa shape index (κ2) is 6.63. The first-order valence-corrected chi connectivity index (χ1v) is 8.68. The number of rotatable bonds is 3. The fraction of sp³-hybridized carbons (Fsp3) is 0.250. The number of hydrogen-bond donors (Lipinski definition) is 2. The van der Waals surface area contributed by atoms with Crippen LogP contribution in [0.15, 0.2) is 54.7 Å². The van der Waals surface area contributed by atoms with Crippen molar-refractivity contribution in [1.29, 1.82) is 0 Å². The molecule has 26 heavy (non-hydrogen) atoms. The van der Waals surface area contributed by atoms with E-state index in [9.17, 15) is 9.59 Å². The van der Waals surface area contributed by atoms with Gasteiger partial charge in [0.25, 0.3) is 0 Å². The maximum Gasteiger partial charge on any atom is 0.229 e. The molecule has 0 bridgehead atoms. The first kappa shape index (κ1) is 16.3. The van der Waals surface area contributed by atoms with Gasteiger partial charge in [-0.25, -0.2) is 0 Å². The van der Waals surface area contributed by atoms with Crippen LogP contribution in [0.5, 0.6) is 0 Å². The molecule has 1 aromatic heterocycles. The summed E-state index contributed by atoms with van der Waals surface area (Å²) in [6, 6.07) is 15.1. The number of fused-ring (bicyclic) bond motifs is 1. The summed E-state index contributed by atoms with van der Waals surface area (Å²) in [6.45, 7) is 0. The van der Waals surface area contributed by atoms with Crippen LogP contribution in [0.1, 0.15) is 24.4 Å². The fourth-order valence-electron chi connectivity index (χ4n) is 3.67. The van der Waals surface area contributed by atoms with Gasteiger partial charge in [0.15, 0.2) is 0 Å². The standard InChI is InChI=1S/C20H20N4O2/c1-24-18(25)10-9-16(19(24)13-5-3-2-4-6-13)20(26)22-15-8-7-14-12-21-23-17(14)11-15/h2-8,11-12,16,19H,9-10H2,1H3,(H,21,23)(H,22,26)/t16-,19+/m1/s1. The number of benzene rings is 2. The van der Waals surface area contributed by atoms with Crippen LogP contribution in [0, 0.1) is 5.92 Å². The van der Waals surface area contributed by atoms with Crippen molar-refractivity contribution in [3.05, 3.63) is 60.3 Å². The molecule has 0 radical (unpaired) electrons. The van der Waals surface area contributed by atoms with Gasteiger partial charge in [-0.15, -0.1) is 0 Å². The number of hydrogen-bond acceptors (Lipinski definition) is 3. The third kappa shape index (κ3) is 2.94. The average Bonchev–Trinajstić information content (AvgIpc) is 3.12. The van der Waals surface area contributed by atoms with E-state index in [0.29, 0.717) is 12.8 Å². The number of aromatic amines is 1. The number of likely N-dealkylation sites (tertiary alicyclic amines) is 1. The van der Waals surface area contributed by atoms with Crippen LogP contribution in [0.2, 0.25) is 0 Å². The van der Waals surface area contributed by atoms with Crippen molar-refractivity contribution < 1.29 is 9.59 Å². The minimum Gasteiger partial charge on any atom is -0.338 e. The predicted molar refractivity (Wildman–Crippen MR) is 99.4 cm³/mol. The van der Waals surface area contributed by atoms with E-state index in [-0.39, 0.29) is 23.8 Å². The summed E-state index contributed by atoms with van der Waals surface area (Å²) in [6.07, 6.45) is 2.67.